The molecule has 0 unspecified atom stereocenters. The number of imide groups is 1. The van der Waals surface area contributed by atoms with E-state index in [0.29, 0.717) is 28.2 Å². The fourth-order valence-corrected chi connectivity index (χ4v) is 7.84. The van der Waals surface area contributed by atoms with Gasteiger partial charge in [-0.1, -0.05) is 0 Å². The van der Waals surface area contributed by atoms with Gasteiger partial charge in [0.25, 0.3) is 11.8 Å². The molecule has 2 N–H and O–H groups in total. The summed E-state index contributed by atoms with van der Waals surface area (Å²) in [6.45, 7) is 1.55. The number of carbonyl (C=O) groups excluding carboxylic acids is 4. The zero-order valence-corrected chi connectivity index (χ0v) is 28.8. The fourth-order valence-electron chi connectivity index (χ4n) is 7.84. The maximum atomic E-state index is 13.7. The van der Waals surface area contributed by atoms with Gasteiger partial charge in [0, 0.05) is 30.5 Å². The van der Waals surface area contributed by atoms with Crippen molar-refractivity contribution in [1.29, 1.82) is 0 Å². The fraction of sp³-hybridized carbons (Fsp3) is 0.500. The van der Waals surface area contributed by atoms with Crippen LogP contribution in [0.4, 0.5) is 0 Å². The number of rotatable bonds is 9. The highest BCUT2D eigenvalue weighted by atomic mass is 16.8. The summed E-state index contributed by atoms with van der Waals surface area (Å²) < 4.78 is 58.0. The minimum Gasteiger partial charge on any atom is -0.493 e. The molecule has 17 heteroatoms. The Morgan fingerprint density at radius 2 is 1.57 bits per heavy atom. The Morgan fingerprint density at radius 1 is 0.887 bits per heavy atom. The predicted octanol–water partition coefficient (Wildman–Crippen LogP) is 0.854. The summed E-state index contributed by atoms with van der Waals surface area (Å²) in [5, 5.41) is 22.2. The van der Waals surface area contributed by atoms with Gasteiger partial charge in [0.15, 0.2) is 35.6 Å². The number of nitrogens with zero attached hydrogens (tertiary/aromatic N) is 1. The van der Waals surface area contributed by atoms with Gasteiger partial charge in [-0.25, -0.2) is 0 Å². The van der Waals surface area contributed by atoms with Crippen LogP contribution >= 0.6 is 0 Å². The van der Waals surface area contributed by atoms with Gasteiger partial charge in [-0.3, -0.25) is 24.1 Å². The quantitative estimate of drug-likeness (QED) is 0.208. The van der Waals surface area contributed by atoms with Crippen LogP contribution in [-0.2, 0) is 42.9 Å². The molecular weight excluding hydrogens is 702 g/mol. The van der Waals surface area contributed by atoms with Gasteiger partial charge < -0.3 is 57.6 Å². The summed E-state index contributed by atoms with van der Waals surface area (Å²) in [4.78, 5) is 51.4. The van der Waals surface area contributed by atoms with Crippen LogP contribution in [0.15, 0.2) is 36.4 Å². The van der Waals surface area contributed by atoms with Gasteiger partial charge in [-0.05, 0) is 47.9 Å². The number of ether oxygens (including phenoxy) is 10. The smallest absolute Gasteiger partial charge is 0.313 e. The van der Waals surface area contributed by atoms with Crippen molar-refractivity contribution in [3.05, 3.63) is 53.1 Å². The molecule has 2 amide bonds. The second-order valence-corrected chi connectivity index (χ2v) is 13.4. The van der Waals surface area contributed by atoms with Gasteiger partial charge in [-0.15, -0.1) is 0 Å². The maximum absolute atomic E-state index is 13.7. The first kappa shape index (κ1) is 35.3. The molecule has 0 saturated carbocycles. The number of benzene rings is 2. The Balaban J connectivity index is 1.13. The summed E-state index contributed by atoms with van der Waals surface area (Å²) in [7, 11) is 2.76. The minimum absolute atomic E-state index is 0.0266. The lowest BCUT2D eigenvalue weighted by atomic mass is 9.66. The standard InChI is InChI=1S/C36H37NO16/c1-15-46-13-24-34(50-15)30(41)31(42)36(51-24)53-32-18-11-21-20(48-14-49-21)10-17(18)28(29-19(32)12-47-35(29)43)16-8-22(44-2)33(23(9-16)45-3)52-27(40)6-7-37-25(38)4-5-26(37)39/h4-5,8-11,15,19,24,28-32,34,36,41-42H,6-7,12-14H2,1-3H3/t15-,19+,24-,28-,29+,30-,31-,32-,34-,36+/m1/s1. The molecule has 1 aliphatic carbocycles. The average Bonchev–Trinajstić information content (AvgIpc) is 3.86. The third-order valence-electron chi connectivity index (χ3n) is 10.4. The molecule has 53 heavy (non-hydrogen) atoms. The van der Waals surface area contributed by atoms with E-state index in [1.54, 1.807) is 31.2 Å². The molecule has 282 valence electrons. The zero-order chi connectivity index (χ0) is 37.1. The summed E-state index contributed by atoms with van der Waals surface area (Å²) in [5.41, 5.74) is 1.76. The second kappa shape index (κ2) is 13.9. The monoisotopic (exact) mass is 739 g/mol. The van der Waals surface area contributed by atoms with Crippen molar-refractivity contribution >= 4 is 23.8 Å². The maximum Gasteiger partial charge on any atom is 0.313 e. The Bertz CT molecular complexity index is 1820. The van der Waals surface area contributed by atoms with E-state index in [1.165, 1.54) is 14.2 Å². The molecule has 5 aliphatic heterocycles. The van der Waals surface area contributed by atoms with E-state index in [-0.39, 0.29) is 50.2 Å². The van der Waals surface area contributed by atoms with Crippen molar-refractivity contribution in [3.63, 3.8) is 0 Å². The molecule has 3 fully saturated rings. The Kier molecular flexibility index (Phi) is 9.24. The Hall–Kier alpha value is -4.78. The van der Waals surface area contributed by atoms with Crippen LogP contribution in [-0.4, -0.2) is 117 Å². The van der Waals surface area contributed by atoms with E-state index in [1.807, 2.05) is 0 Å². The van der Waals surface area contributed by atoms with Crippen LogP contribution in [0.2, 0.25) is 0 Å². The van der Waals surface area contributed by atoms with Crippen LogP contribution in [0.25, 0.3) is 0 Å². The summed E-state index contributed by atoms with van der Waals surface area (Å²) >= 11 is 0. The number of hydrogen-bond donors (Lipinski definition) is 2. The molecule has 2 aromatic rings. The van der Waals surface area contributed by atoms with Crippen molar-refractivity contribution in [3.8, 4) is 28.7 Å². The van der Waals surface area contributed by atoms with E-state index in [2.05, 4.69) is 0 Å². The first-order valence-electron chi connectivity index (χ1n) is 17.1. The normalized spacial score (nSPS) is 32.5. The van der Waals surface area contributed by atoms with Crippen LogP contribution in [0.5, 0.6) is 28.7 Å². The van der Waals surface area contributed by atoms with Gasteiger partial charge >= 0.3 is 11.9 Å². The zero-order valence-electron chi connectivity index (χ0n) is 28.8. The van der Waals surface area contributed by atoms with Gasteiger partial charge in [0.2, 0.25) is 12.5 Å². The highest BCUT2D eigenvalue weighted by Gasteiger charge is 2.56. The number of esters is 2. The topological polar surface area (TPSA) is 204 Å². The first-order chi connectivity index (χ1) is 25.6. The number of fused-ring (bicyclic) bond motifs is 4. The van der Waals surface area contributed by atoms with E-state index in [9.17, 15) is 29.4 Å². The molecule has 3 saturated heterocycles. The van der Waals surface area contributed by atoms with Crippen molar-refractivity contribution in [1.82, 2.24) is 4.90 Å². The number of cyclic esters (lactones) is 1. The van der Waals surface area contributed by atoms with E-state index < -0.39 is 84.6 Å². The number of hydrogen-bond acceptors (Lipinski definition) is 16. The number of amides is 2. The Morgan fingerprint density at radius 3 is 2.25 bits per heavy atom. The van der Waals surface area contributed by atoms with E-state index >= 15 is 0 Å². The number of methoxy groups -OCH3 is 2. The molecule has 0 aromatic heterocycles. The van der Waals surface area contributed by atoms with E-state index in [4.69, 9.17) is 47.4 Å². The highest BCUT2D eigenvalue weighted by molar-refractivity contribution is 6.13. The first-order valence-corrected chi connectivity index (χ1v) is 17.1. The second-order valence-electron chi connectivity index (χ2n) is 13.4. The lowest BCUT2D eigenvalue weighted by Gasteiger charge is -2.47. The highest BCUT2D eigenvalue weighted by Crippen LogP contribution is 2.57. The third kappa shape index (κ3) is 6.16. The van der Waals surface area contributed by atoms with Gasteiger partial charge in [0.05, 0.1) is 45.9 Å². The van der Waals surface area contributed by atoms with Crippen molar-refractivity contribution in [2.45, 2.75) is 62.4 Å². The SMILES string of the molecule is COc1cc([C@@H]2c3cc4c(cc3[C@@H](O[C@@H]3O[C@@H]5CO[C@@H](C)O[C@H]5[C@H](O)[C@H]3O)[C@H]3COC(=O)[C@H]23)OCO4)cc(OC)c1OC(=O)CCN1C(=O)C=CC1=O. The minimum atomic E-state index is -1.50. The molecule has 0 bridgehead atoms. The van der Waals surface area contributed by atoms with Crippen LogP contribution in [0, 0.1) is 11.8 Å². The largest absolute Gasteiger partial charge is 0.493 e. The molecule has 0 radical (unpaired) electrons. The number of carbonyl (C=O) groups is 4. The molecule has 2 aromatic carbocycles. The Labute approximate surface area is 302 Å². The summed E-state index contributed by atoms with van der Waals surface area (Å²) in [6.07, 6.45) is -5.23. The number of aliphatic hydroxyl groups is 2. The van der Waals surface area contributed by atoms with Crippen LogP contribution in [0.1, 0.15) is 42.1 Å². The summed E-state index contributed by atoms with van der Waals surface area (Å²) in [6, 6.07) is 6.77. The van der Waals surface area contributed by atoms with Gasteiger partial charge in [0.1, 0.15) is 24.4 Å². The van der Waals surface area contributed by atoms with Crippen molar-refractivity contribution < 1.29 is 76.8 Å². The summed E-state index contributed by atoms with van der Waals surface area (Å²) in [5.74, 6) is -3.37. The van der Waals surface area contributed by atoms with Crippen LogP contribution < -0.4 is 23.7 Å². The average molecular weight is 740 g/mol. The van der Waals surface area contributed by atoms with Gasteiger partial charge in [-0.2, -0.15) is 0 Å². The molecule has 6 aliphatic rings. The molecule has 17 nitrogen and oxygen atoms in total. The molecule has 0 spiro atoms. The van der Waals surface area contributed by atoms with Crippen LogP contribution in [0.3, 0.4) is 0 Å². The lowest BCUT2D eigenvalue weighted by molar-refractivity contribution is -0.364. The van der Waals surface area contributed by atoms with Crippen molar-refractivity contribution in [2.24, 2.45) is 11.8 Å². The van der Waals surface area contributed by atoms with E-state index in [0.717, 1.165) is 17.1 Å². The molecular formula is C36H37NO16. The predicted molar refractivity (Wildman–Crippen MR) is 173 cm³/mol. The lowest BCUT2D eigenvalue weighted by Crippen LogP contribution is -2.63. The molecule has 8 rings (SSSR count). The van der Waals surface area contributed by atoms with Crippen molar-refractivity contribution in [2.75, 3.05) is 40.8 Å². The third-order valence-corrected chi connectivity index (χ3v) is 10.4. The molecule has 10 atom stereocenters. The number of aliphatic hydroxyl groups excluding tert-OH is 2. The molecule has 5 heterocycles.